The van der Waals surface area contributed by atoms with E-state index in [9.17, 15) is 19.2 Å². The molecule has 2 aromatic carbocycles. The van der Waals surface area contributed by atoms with Crippen molar-refractivity contribution < 1.29 is 29.0 Å². The third kappa shape index (κ3) is 5.36. The molecule has 4 rings (SSSR count). The van der Waals surface area contributed by atoms with Crippen LogP contribution in [-0.2, 0) is 19.1 Å². The van der Waals surface area contributed by atoms with E-state index < -0.39 is 24.0 Å². The largest absolute Gasteiger partial charge is 0.481 e. The standard InChI is InChI=1S/C25H27N3O6/c29-22-11-9-15(27-22)13-26-24(32)21(10-12-23(30)31)28-25(33)34-14-20-18-7-3-1-5-16(18)17-6-2-4-8-19(17)20/h1-8,15,20-21H,9-14H2,(H,26,32)(H,27,29)(H,28,33)(H,30,31). The van der Waals surface area contributed by atoms with Crippen molar-refractivity contribution in [1.29, 1.82) is 0 Å². The summed E-state index contributed by atoms with van der Waals surface area (Å²) >= 11 is 0. The van der Waals surface area contributed by atoms with Crippen LogP contribution < -0.4 is 16.0 Å². The molecule has 1 aliphatic heterocycles. The summed E-state index contributed by atoms with van der Waals surface area (Å²) in [6.45, 7) is 0.293. The number of rotatable bonds is 9. The van der Waals surface area contributed by atoms with Gasteiger partial charge in [0.1, 0.15) is 12.6 Å². The second kappa shape index (κ2) is 10.4. The first-order chi connectivity index (χ1) is 16.4. The van der Waals surface area contributed by atoms with Crippen molar-refractivity contribution in [2.75, 3.05) is 13.2 Å². The summed E-state index contributed by atoms with van der Waals surface area (Å²) in [6, 6.07) is 14.7. The number of carbonyl (C=O) groups is 4. The normalized spacial score (nSPS) is 17.3. The predicted octanol–water partition coefficient (Wildman–Crippen LogP) is 2.15. The van der Waals surface area contributed by atoms with Gasteiger partial charge in [-0.05, 0) is 35.1 Å². The first-order valence-electron chi connectivity index (χ1n) is 11.3. The van der Waals surface area contributed by atoms with Crippen molar-refractivity contribution in [1.82, 2.24) is 16.0 Å². The molecule has 0 aromatic heterocycles. The molecule has 2 unspecified atom stereocenters. The molecule has 2 aliphatic rings. The number of aliphatic carboxylic acids is 1. The van der Waals surface area contributed by atoms with Gasteiger partial charge in [-0.15, -0.1) is 0 Å². The minimum absolute atomic E-state index is 0.0709. The molecule has 2 aromatic rings. The Kier molecular flexibility index (Phi) is 7.10. The van der Waals surface area contributed by atoms with E-state index in [2.05, 4.69) is 16.0 Å². The molecular weight excluding hydrogens is 438 g/mol. The van der Waals surface area contributed by atoms with Gasteiger partial charge in [-0.25, -0.2) is 4.79 Å². The Morgan fingerprint density at radius 2 is 1.71 bits per heavy atom. The molecule has 34 heavy (non-hydrogen) atoms. The van der Waals surface area contributed by atoms with Crippen molar-refractivity contribution in [3.63, 3.8) is 0 Å². The van der Waals surface area contributed by atoms with E-state index in [0.29, 0.717) is 12.8 Å². The molecule has 3 amide bonds. The number of benzene rings is 2. The number of amides is 3. The van der Waals surface area contributed by atoms with Gasteiger partial charge in [-0.3, -0.25) is 14.4 Å². The lowest BCUT2D eigenvalue weighted by Gasteiger charge is -2.20. The van der Waals surface area contributed by atoms with Crippen LogP contribution in [0.5, 0.6) is 0 Å². The van der Waals surface area contributed by atoms with Gasteiger partial charge in [-0.2, -0.15) is 0 Å². The van der Waals surface area contributed by atoms with Crippen molar-refractivity contribution in [3.8, 4) is 11.1 Å². The lowest BCUT2D eigenvalue weighted by Crippen LogP contribution is -2.49. The van der Waals surface area contributed by atoms with Crippen LogP contribution in [0.1, 0.15) is 42.7 Å². The van der Waals surface area contributed by atoms with E-state index in [4.69, 9.17) is 9.84 Å². The molecule has 0 bridgehead atoms. The highest BCUT2D eigenvalue weighted by molar-refractivity contribution is 5.86. The molecule has 1 heterocycles. The van der Waals surface area contributed by atoms with Crippen LogP contribution >= 0.6 is 0 Å². The van der Waals surface area contributed by atoms with Crippen LogP contribution in [0, 0.1) is 0 Å². The Morgan fingerprint density at radius 3 is 2.29 bits per heavy atom. The van der Waals surface area contributed by atoms with Crippen molar-refractivity contribution in [2.24, 2.45) is 0 Å². The van der Waals surface area contributed by atoms with E-state index in [1.165, 1.54) is 0 Å². The van der Waals surface area contributed by atoms with Crippen LogP contribution in [0.2, 0.25) is 0 Å². The van der Waals surface area contributed by atoms with Gasteiger partial charge in [-0.1, -0.05) is 48.5 Å². The van der Waals surface area contributed by atoms with Gasteiger partial charge in [0.05, 0.1) is 0 Å². The van der Waals surface area contributed by atoms with Gasteiger partial charge in [0.2, 0.25) is 11.8 Å². The third-order valence-corrected chi connectivity index (χ3v) is 6.21. The summed E-state index contributed by atoms with van der Waals surface area (Å²) < 4.78 is 5.48. The minimum Gasteiger partial charge on any atom is -0.481 e. The quantitative estimate of drug-likeness (QED) is 0.448. The van der Waals surface area contributed by atoms with Gasteiger partial charge in [0, 0.05) is 31.3 Å². The SMILES string of the molecule is O=C(O)CCC(NC(=O)OCC1c2ccccc2-c2ccccc21)C(=O)NCC1CCC(=O)N1. The Morgan fingerprint density at radius 1 is 1.06 bits per heavy atom. The third-order valence-electron chi connectivity index (χ3n) is 6.21. The fourth-order valence-corrected chi connectivity index (χ4v) is 4.50. The zero-order valence-corrected chi connectivity index (χ0v) is 18.6. The molecular formula is C25H27N3O6. The van der Waals surface area contributed by atoms with Gasteiger partial charge in [0.25, 0.3) is 0 Å². The highest BCUT2D eigenvalue weighted by atomic mass is 16.5. The predicted molar refractivity (Wildman–Crippen MR) is 123 cm³/mol. The number of carboxylic acid groups (broad SMARTS) is 1. The number of nitrogens with one attached hydrogen (secondary N) is 3. The number of fused-ring (bicyclic) bond motifs is 3. The lowest BCUT2D eigenvalue weighted by molar-refractivity contribution is -0.137. The first-order valence-corrected chi connectivity index (χ1v) is 11.3. The maximum absolute atomic E-state index is 12.6. The Bertz CT molecular complexity index is 1060. The average Bonchev–Trinajstić information content (AvgIpc) is 3.39. The fraction of sp³-hybridized carbons (Fsp3) is 0.360. The highest BCUT2D eigenvalue weighted by Crippen LogP contribution is 2.44. The van der Waals surface area contributed by atoms with E-state index in [1.807, 2.05) is 48.5 Å². The molecule has 0 saturated carbocycles. The summed E-state index contributed by atoms with van der Waals surface area (Å²) in [6.07, 6.45) is -0.147. The number of carboxylic acids is 1. The van der Waals surface area contributed by atoms with Gasteiger partial charge < -0.3 is 25.8 Å². The summed E-state index contributed by atoms with van der Waals surface area (Å²) in [5, 5.41) is 17.0. The van der Waals surface area contributed by atoms with Gasteiger partial charge >= 0.3 is 12.1 Å². The van der Waals surface area contributed by atoms with Crippen LogP contribution in [0.4, 0.5) is 4.79 Å². The Labute approximate surface area is 196 Å². The molecule has 9 heteroatoms. The molecule has 0 radical (unpaired) electrons. The maximum Gasteiger partial charge on any atom is 0.407 e. The van der Waals surface area contributed by atoms with E-state index in [1.54, 1.807) is 0 Å². The Balaban J connectivity index is 1.36. The number of alkyl carbamates (subject to hydrolysis) is 1. The molecule has 178 valence electrons. The Hall–Kier alpha value is -3.88. The average molecular weight is 466 g/mol. The van der Waals surface area contributed by atoms with Crippen LogP contribution in [0.15, 0.2) is 48.5 Å². The molecule has 1 fully saturated rings. The minimum atomic E-state index is -1.07. The molecule has 0 spiro atoms. The smallest absolute Gasteiger partial charge is 0.407 e. The topological polar surface area (TPSA) is 134 Å². The molecule has 1 aliphatic carbocycles. The molecule has 2 atom stereocenters. The molecule has 9 nitrogen and oxygen atoms in total. The van der Waals surface area contributed by atoms with Crippen LogP contribution in [-0.4, -0.2) is 54.2 Å². The van der Waals surface area contributed by atoms with Crippen molar-refractivity contribution >= 4 is 23.9 Å². The summed E-state index contributed by atoms with van der Waals surface area (Å²) in [5.41, 5.74) is 4.33. The molecule has 4 N–H and O–H groups in total. The number of hydrogen-bond donors (Lipinski definition) is 4. The second-order valence-corrected chi connectivity index (χ2v) is 8.50. The van der Waals surface area contributed by atoms with Crippen LogP contribution in [0.3, 0.4) is 0 Å². The summed E-state index contributed by atoms with van der Waals surface area (Å²) in [4.78, 5) is 47.6. The molecule has 1 saturated heterocycles. The van der Waals surface area contributed by atoms with E-state index >= 15 is 0 Å². The first kappa shape index (κ1) is 23.3. The van der Waals surface area contributed by atoms with E-state index in [0.717, 1.165) is 22.3 Å². The lowest BCUT2D eigenvalue weighted by atomic mass is 9.98. The maximum atomic E-state index is 12.6. The zero-order valence-electron chi connectivity index (χ0n) is 18.6. The number of hydrogen-bond acceptors (Lipinski definition) is 5. The zero-order chi connectivity index (χ0) is 24.1. The van der Waals surface area contributed by atoms with Crippen molar-refractivity contribution in [3.05, 3.63) is 59.7 Å². The highest BCUT2D eigenvalue weighted by Gasteiger charge is 2.30. The summed E-state index contributed by atoms with van der Waals surface area (Å²) in [7, 11) is 0. The van der Waals surface area contributed by atoms with E-state index in [-0.39, 0.29) is 43.9 Å². The monoisotopic (exact) mass is 465 g/mol. The van der Waals surface area contributed by atoms with Crippen LogP contribution in [0.25, 0.3) is 11.1 Å². The number of ether oxygens (including phenoxy) is 1. The fourth-order valence-electron chi connectivity index (χ4n) is 4.50. The second-order valence-electron chi connectivity index (χ2n) is 8.50. The number of carbonyl (C=O) groups excluding carboxylic acids is 3. The van der Waals surface area contributed by atoms with Crippen molar-refractivity contribution in [2.45, 2.75) is 43.7 Å². The van der Waals surface area contributed by atoms with Gasteiger partial charge in [0.15, 0.2) is 0 Å². The summed E-state index contributed by atoms with van der Waals surface area (Å²) in [5.74, 6) is -1.79.